The molecule has 0 aliphatic carbocycles. The van der Waals surface area contributed by atoms with Crippen molar-refractivity contribution in [2.45, 2.75) is 20.8 Å². The summed E-state index contributed by atoms with van der Waals surface area (Å²) in [4.78, 5) is 10.9. The maximum absolute atomic E-state index is 10.9. The number of nitrogens with two attached hydrogens (primary N) is 1. The first-order chi connectivity index (χ1) is 7.06. The zero-order chi connectivity index (χ0) is 11.8. The van der Waals surface area contributed by atoms with Gasteiger partial charge in [0, 0.05) is 13.1 Å². The molecule has 1 amide bonds. The van der Waals surface area contributed by atoms with Gasteiger partial charge in [-0.05, 0) is 20.8 Å². The number of allylic oxidation sites excluding steroid dienone is 1. The van der Waals surface area contributed by atoms with E-state index in [1.54, 1.807) is 11.9 Å². The number of rotatable bonds is 6. The first kappa shape index (κ1) is 13.4. The van der Waals surface area contributed by atoms with E-state index in [-0.39, 0.29) is 0 Å². The van der Waals surface area contributed by atoms with Crippen LogP contribution in [0.15, 0.2) is 34.3 Å². The molecule has 0 aromatic carbocycles. The van der Waals surface area contributed by atoms with Crippen molar-refractivity contribution in [1.29, 1.82) is 0 Å². The van der Waals surface area contributed by atoms with Crippen molar-refractivity contribution in [3.05, 3.63) is 23.9 Å². The molecule has 0 atom stereocenters. The summed E-state index contributed by atoms with van der Waals surface area (Å²) in [6.45, 7) is 10.7. The Hall–Kier alpha value is -1.65. The summed E-state index contributed by atoms with van der Waals surface area (Å²) in [6, 6.07) is 0. The topological polar surface area (TPSA) is 71.0 Å². The van der Waals surface area contributed by atoms with Crippen molar-refractivity contribution in [1.82, 2.24) is 5.01 Å². The minimum atomic E-state index is -0.541. The fourth-order valence-corrected chi connectivity index (χ4v) is 0.961. The van der Waals surface area contributed by atoms with Crippen LogP contribution in [0, 0.1) is 0 Å². The summed E-state index contributed by atoms with van der Waals surface area (Å²) >= 11 is 0. The average Bonchev–Trinajstić information content (AvgIpc) is 2.19. The van der Waals surface area contributed by atoms with E-state index < -0.39 is 5.91 Å². The summed E-state index contributed by atoms with van der Waals surface area (Å²) in [7, 11) is 0. The van der Waals surface area contributed by atoms with Gasteiger partial charge >= 0.3 is 0 Å². The molecule has 84 valence electrons. The van der Waals surface area contributed by atoms with E-state index in [4.69, 9.17) is 5.73 Å². The van der Waals surface area contributed by atoms with Crippen molar-refractivity contribution >= 4 is 5.91 Å². The van der Waals surface area contributed by atoms with Gasteiger partial charge in [0.05, 0.1) is 11.3 Å². The lowest BCUT2D eigenvalue weighted by Crippen LogP contribution is -2.16. The normalized spacial score (nSPS) is 12.5. The second kappa shape index (κ2) is 6.75. The Balaban J connectivity index is 4.77. The highest BCUT2D eigenvalue weighted by Crippen LogP contribution is 2.07. The van der Waals surface area contributed by atoms with Crippen LogP contribution in [0.2, 0.25) is 0 Å². The van der Waals surface area contributed by atoms with Crippen LogP contribution in [0.25, 0.3) is 0 Å². The summed E-state index contributed by atoms with van der Waals surface area (Å²) in [5.41, 5.74) is 5.91. The van der Waals surface area contributed by atoms with Crippen LogP contribution >= 0.6 is 0 Å². The fraction of sp³-hybridized carbons (Fsp3) is 0.500. The van der Waals surface area contributed by atoms with Gasteiger partial charge in [-0.25, -0.2) is 0 Å². The Bertz CT molecular complexity index is 290. The molecule has 0 bridgehead atoms. The molecule has 0 fully saturated rings. The Morgan fingerprint density at radius 2 is 2.00 bits per heavy atom. The van der Waals surface area contributed by atoms with Gasteiger partial charge in [0.15, 0.2) is 0 Å². The molecule has 5 heteroatoms. The Morgan fingerprint density at radius 1 is 1.47 bits per heavy atom. The molecule has 0 spiro atoms. The highest BCUT2D eigenvalue weighted by atomic mass is 16.1. The molecular formula is C10H18N4O. The SMILES string of the molecule is C=C/C(C(N)=O)=C(\C)N=NN(CC)CC. The Kier molecular flexibility index (Phi) is 6.01. The first-order valence-electron chi connectivity index (χ1n) is 4.86. The maximum atomic E-state index is 10.9. The Labute approximate surface area is 90.3 Å². The highest BCUT2D eigenvalue weighted by Gasteiger charge is 2.04. The molecule has 0 aromatic rings. The van der Waals surface area contributed by atoms with Crippen LogP contribution in [-0.4, -0.2) is 24.0 Å². The van der Waals surface area contributed by atoms with E-state index in [1.165, 1.54) is 6.08 Å². The lowest BCUT2D eigenvalue weighted by Gasteiger charge is -2.11. The molecular weight excluding hydrogens is 192 g/mol. The fourth-order valence-electron chi connectivity index (χ4n) is 0.961. The third-order valence-electron chi connectivity index (χ3n) is 1.91. The van der Waals surface area contributed by atoms with Crippen molar-refractivity contribution < 1.29 is 4.79 Å². The summed E-state index contributed by atoms with van der Waals surface area (Å²) in [5.74, 6) is -0.541. The largest absolute Gasteiger partial charge is 0.366 e. The third-order valence-corrected chi connectivity index (χ3v) is 1.91. The van der Waals surface area contributed by atoms with Crippen LogP contribution in [-0.2, 0) is 4.79 Å². The summed E-state index contributed by atoms with van der Waals surface area (Å²) < 4.78 is 0. The van der Waals surface area contributed by atoms with E-state index in [0.29, 0.717) is 11.3 Å². The molecule has 0 aliphatic heterocycles. The smallest absolute Gasteiger partial charge is 0.250 e. The zero-order valence-corrected chi connectivity index (χ0v) is 9.53. The molecule has 0 saturated heterocycles. The number of amides is 1. The predicted octanol–water partition coefficient (Wildman–Crippen LogP) is 1.64. The Morgan fingerprint density at radius 3 is 2.33 bits per heavy atom. The predicted molar refractivity (Wildman–Crippen MR) is 59.9 cm³/mol. The molecule has 0 aliphatic rings. The summed E-state index contributed by atoms with van der Waals surface area (Å²) in [6.07, 6.45) is 1.39. The van der Waals surface area contributed by atoms with Crippen molar-refractivity contribution in [3.8, 4) is 0 Å². The van der Waals surface area contributed by atoms with E-state index >= 15 is 0 Å². The maximum Gasteiger partial charge on any atom is 0.250 e. The van der Waals surface area contributed by atoms with Crippen LogP contribution < -0.4 is 5.73 Å². The zero-order valence-electron chi connectivity index (χ0n) is 9.53. The first-order valence-corrected chi connectivity index (χ1v) is 4.86. The number of primary amides is 1. The van der Waals surface area contributed by atoms with Gasteiger partial charge in [-0.1, -0.05) is 17.9 Å². The van der Waals surface area contributed by atoms with E-state index in [1.807, 2.05) is 13.8 Å². The molecule has 0 aromatic heterocycles. The molecule has 2 N–H and O–H groups in total. The van der Waals surface area contributed by atoms with Crippen LogP contribution in [0.1, 0.15) is 20.8 Å². The second-order valence-corrected chi connectivity index (χ2v) is 2.90. The third kappa shape index (κ3) is 4.39. The van der Waals surface area contributed by atoms with E-state index in [9.17, 15) is 4.79 Å². The lowest BCUT2D eigenvalue weighted by atomic mass is 10.2. The number of hydrogen-bond donors (Lipinski definition) is 1. The number of nitrogens with zero attached hydrogens (tertiary/aromatic N) is 3. The quantitative estimate of drug-likeness (QED) is 0.313. The van der Waals surface area contributed by atoms with Crippen LogP contribution in [0.3, 0.4) is 0 Å². The minimum absolute atomic E-state index is 0.297. The second-order valence-electron chi connectivity index (χ2n) is 2.90. The van der Waals surface area contributed by atoms with Crippen LogP contribution in [0.4, 0.5) is 0 Å². The van der Waals surface area contributed by atoms with Gasteiger partial charge in [0.25, 0.3) is 5.91 Å². The minimum Gasteiger partial charge on any atom is -0.366 e. The molecule has 0 unspecified atom stereocenters. The summed E-state index contributed by atoms with van der Waals surface area (Å²) in [5, 5.41) is 9.64. The van der Waals surface area contributed by atoms with Gasteiger partial charge in [0.2, 0.25) is 0 Å². The number of carbonyl (C=O) groups is 1. The monoisotopic (exact) mass is 210 g/mol. The van der Waals surface area contributed by atoms with Gasteiger partial charge in [0.1, 0.15) is 0 Å². The molecule has 0 rings (SSSR count). The van der Waals surface area contributed by atoms with Gasteiger partial charge in [-0.3, -0.25) is 9.80 Å². The number of hydrogen-bond acceptors (Lipinski definition) is 3. The molecule has 0 radical (unpaired) electrons. The number of carbonyl (C=O) groups excluding carboxylic acids is 1. The van der Waals surface area contributed by atoms with Gasteiger partial charge in [-0.2, -0.15) is 0 Å². The van der Waals surface area contributed by atoms with Crippen molar-refractivity contribution in [3.63, 3.8) is 0 Å². The lowest BCUT2D eigenvalue weighted by molar-refractivity contribution is -0.114. The van der Waals surface area contributed by atoms with Gasteiger partial charge < -0.3 is 5.73 Å². The van der Waals surface area contributed by atoms with E-state index in [0.717, 1.165) is 13.1 Å². The van der Waals surface area contributed by atoms with Crippen LogP contribution in [0.5, 0.6) is 0 Å². The molecule has 0 heterocycles. The van der Waals surface area contributed by atoms with Crippen molar-refractivity contribution in [2.75, 3.05) is 13.1 Å². The standard InChI is InChI=1S/C10H18N4O/c1-5-9(10(11)15)8(4)12-13-14(6-2)7-3/h5H,1,6-7H2,2-4H3,(H2,11,15)/b9-8-,13-12?. The molecule has 5 nitrogen and oxygen atoms in total. The average molecular weight is 210 g/mol. The van der Waals surface area contributed by atoms with Gasteiger partial charge in [-0.15, -0.1) is 5.11 Å². The molecule has 0 saturated carbocycles. The van der Waals surface area contributed by atoms with Crippen molar-refractivity contribution in [2.24, 2.45) is 16.1 Å². The highest BCUT2D eigenvalue weighted by molar-refractivity contribution is 5.95. The molecule has 15 heavy (non-hydrogen) atoms. The van der Waals surface area contributed by atoms with E-state index in [2.05, 4.69) is 16.9 Å².